The number of rotatable bonds is 0. The molecule has 2 nitrogen and oxygen atoms in total. The van der Waals surface area contributed by atoms with Crippen molar-refractivity contribution in [3.8, 4) is 0 Å². The molecule has 0 amide bonds. The number of benzene rings is 2. The van der Waals surface area contributed by atoms with Crippen molar-refractivity contribution in [2.45, 2.75) is 0 Å². The second kappa shape index (κ2) is 5.58. The molecule has 23 heavy (non-hydrogen) atoms. The number of furan rings is 1. The Kier molecular flexibility index (Phi) is 3.28. The van der Waals surface area contributed by atoms with Gasteiger partial charge in [-0.2, -0.15) is 0 Å². The molecule has 2 heteroatoms. The molecular weight excluding hydrogens is 284 g/mol. The van der Waals surface area contributed by atoms with Gasteiger partial charge in [0.1, 0.15) is 5.58 Å². The zero-order valence-electron chi connectivity index (χ0n) is 12.4. The van der Waals surface area contributed by atoms with Crippen LogP contribution >= 0.6 is 0 Å². The molecule has 0 unspecified atom stereocenters. The Balaban J connectivity index is 0.000000130. The zero-order chi connectivity index (χ0) is 15.6. The molecule has 1 heterocycles. The van der Waals surface area contributed by atoms with Gasteiger partial charge in [-0.25, -0.2) is 0 Å². The van der Waals surface area contributed by atoms with Gasteiger partial charge in [0.15, 0.2) is 5.78 Å². The highest BCUT2D eigenvalue weighted by atomic mass is 16.3. The number of hydrogen-bond donors (Lipinski definition) is 0. The Morgan fingerprint density at radius 2 is 1.65 bits per heavy atom. The van der Waals surface area contributed by atoms with E-state index in [-0.39, 0.29) is 5.78 Å². The van der Waals surface area contributed by atoms with Crippen LogP contribution in [-0.2, 0) is 4.79 Å². The Labute approximate surface area is 134 Å². The van der Waals surface area contributed by atoms with Gasteiger partial charge in [0.05, 0.1) is 6.26 Å². The van der Waals surface area contributed by atoms with Crippen molar-refractivity contribution in [2.75, 3.05) is 0 Å². The normalized spacial score (nSPS) is 14.5. The summed E-state index contributed by atoms with van der Waals surface area (Å²) in [5.74, 6) is 0.110. The number of ketones is 1. The highest BCUT2D eigenvalue weighted by Gasteiger charge is 2.23. The first kappa shape index (κ1) is 13.5. The Morgan fingerprint density at radius 1 is 0.826 bits per heavy atom. The number of para-hydroxylation sites is 1. The lowest BCUT2D eigenvalue weighted by molar-refractivity contribution is -0.110. The third kappa shape index (κ3) is 2.44. The second-order valence-electron chi connectivity index (χ2n) is 5.41. The van der Waals surface area contributed by atoms with Crippen LogP contribution in [0.2, 0.25) is 0 Å². The van der Waals surface area contributed by atoms with E-state index in [0.717, 1.165) is 27.7 Å². The monoisotopic (exact) mass is 298 g/mol. The summed E-state index contributed by atoms with van der Waals surface area (Å²) in [7, 11) is 0. The number of hydrogen-bond acceptors (Lipinski definition) is 2. The molecule has 0 aliphatic heterocycles. The molecule has 0 spiro atoms. The molecule has 0 N–H and O–H groups in total. The number of fused-ring (bicyclic) bond motifs is 4. The lowest BCUT2D eigenvalue weighted by Crippen LogP contribution is -2.00. The van der Waals surface area contributed by atoms with Crippen molar-refractivity contribution in [2.24, 2.45) is 0 Å². The largest absolute Gasteiger partial charge is 0.464 e. The predicted octanol–water partition coefficient (Wildman–Crippen LogP) is 5.04. The second-order valence-corrected chi connectivity index (χ2v) is 5.41. The molecular formula is C21H14O2. The van der Waals surface area contributed by atoms with Crippen molar-refractivity contribution in [1.29, 1.82) is 0 Å². The minimum Gasteiger partial charge on any atom is -0.464 e. The fraction of sp³-hybridized carbons (Fsp3) is 0. The first-order valence-electron chi connectivity index (χ1n) is 7.49. The topological polar surface area (TPSA) is 30.2 Å². The van der Waals surface area contributed by atoms with Gasteiger partial charge >= 0.3 is 0 Å². The highest BCUT2D eigenvalue weighted by molar-refractivity contribution is 6.23. The van der Waals surface area contributed by atoms with E-state index in [9.17, 15) is 4.79 Å². The summed E-state index contributed by atoms with van der Waals surface area (Å²) in [4.78, 5) is 11.5. The average Bonchev–Trinajstić information content (AvgIpc) is 3.20. The number of allylic oxidation sites excluding steroid dienone is 5. The van der Waals surface area contributed by atoms with E-state index in [1.807, 2.05) is 66.8 Å². The van der Waals surface area contributed by atoms with Gasteiger partial charge in [-0.05, 0) is 41.0 Å². The van der Waals surface area contributed by atoms with Crippen molar-refractivity contribution in [1.82, 2.24) is 0 Å². The summed E-state index contributed by atoms with van der Waals surface area (Å²) in [6.07, 6.45) is 9.09. The maximum Gasteiger partial charge on any atom is 0.186 e. The van der Waals surface area contributed by atoms with Crippen molar-refractivity contribution < 1.29 is 9.21 Å². The standard InChI is InChI=1S/C13H8O.C8H6O/c14-13-7-3-6-11-10-5-2-1-4-9(10)8-12(11)13;1-2-4-8-7(3-1)5-6-9-8/h1-8H;1-6H. The van der Waals surface area contributed by atoms with Gasteiger partial charge in [0.2, 0.25) is 0 Å². The lowest BCUT2D eigenvalue weighted by Gasteiger charge is -2.06. The van der Waals surface area contributed by atoms with Crippen LogP contribution in [0.4, 0.5) is 0 Å². The first-order valence-corrected chi connectivity index (χ1v) is 7.49. The Hall–Kier alpha value is -3.13. The fourth-order valence-corrected chi connectivity index (χ4v) is 2.86. The van der Waals surface area contributed by atoms with E-state index in [1.165, 1.54) is 5.56 Å². The number of carbonyl (C=O) groups is 1. The van der Waals surface area contributed by atoms with Crippen LogP contribution in [0.1, 0.15) is 11.1 Å². The molecule has 2 aliphatic rings. The molecule has 0 bridgehead atoms. The Bertz CT molecular complexity index is 954. The first-order chi connectivity index (χ1) is 11.3. The molecule has 2 aromatic carbocycles. The third-order valence-corrected chi connectivity index (χ3v) is 3.98. The molecule has 110 valence electrons. The molecule has 0 radical (unpaired) electrons. The smallest absolute Gasteiger partial charge is 0.186 e. The van der Waals surface area contributed by atoms with Gasteiger partial charge in [-0.3, -0.25) is 4.79 Å². The summed E-state index contributed by atoms with van der Waals surface area (Å²) in [5.41, 5.74) is 5.16. The molecule has 0 fully saturated rings. The fourth-order valence-electron chi connectivity index (χ4n) is 2.86. The lowest BCUT2D eigenvalue weighted by atomic mass is 9.96. The van der Waals surface area contributed by atoms with Crippen LogP contribution in [0.3, 0.4) is 0 Å². The van der Waals surface area contributed by atoms with Gasteiger partial charge in [-0.1, -0.05) is 54.6 Å². The van der Waals surface area contributed by atoms with Gasteiger partial charge < -0.3 is 4.42 Å². The van der Waals surface area contributed by atoms with Gasteiger partial charge in [0.25, 0.3) is 0 Å². The summed E-state index contributed by atoms with van der Waals surface area (Å²) < 4.78 is 5.12. The molecule has 0 saturated carbocycles. The van der Waals surface area contributed by atoms with Crippen LogP contribution in [0, 0.1) is 0 Å². The molecule has 0 atom stereocenters. The maximum absolute atomic E-state index is 11.5. The minimum absolute atomic E-state index is 0.110. The van der Waals surface area contributed by atoms with Crippen LogP contribution < -0.4 is 0 Å². The average molecular weight is 298 g/mol. The third-order valence-electron chi connectivity index (χ3n) is 3.98. The SMILES string of the molecule is O=C1C=CC=C2C1=Cc1ccccc12.c1ccc2occc2c1. The van der Waals surface area contributed by atoms with Crippen molar-refractivity contribution in [3.63, 3.8) is 0 Å². The van der Waals surface area contributed by atoms with E-state index in [0.29, 0.717) is 0 Å². The summed E-state index contributed by atoms with van der Waals surface area (Å²) in [6.45, 7) is 0. The van der Waals surface area contributed by atoms with Crippen molar-refractivity contribution >= 4 is 28.4 Å². The summed E-state index contributed by atoms with van der Waals surface area (Å²) >= 11 is 0. The van der Waals surface area contributed by atoms with E-state index in [2.05, 4.69) is 6.07 Å². The van der Waals surface area contributed by atoms with E-state index in [1.54, 1.807) is 12.3 Å². The van der Waals surface area contributed by atoms with Crippen molar-refractivity contribution in [3.05, 3.63) is 95.8 Å². The van der Waals surface area contributed by atoms with Crippen LogP contribution in [0.25, 0.3) is 22.6 Å². The van der Waals surface area contributed by atoms with Crippen LogP contribution in [0.5, 0.6) is 0 Å². The van der Waals surface area contributed by atoms with Crippen LogP contribution in [-0.4, -0.2) is 5.78 Å². The van der Waals surface area contributed by atoms with E-state index < -0.39 is 0 Å². The predicted molar refractivity (Wildman–Crippen MR) is 92.8 cm³/mol. The van der Waals surface area contributed by atoms with E-state index >= 15 is 0 Å². The van der Waals surface area contributed by atoms with Gasteiger partial charge in [-0.15, -0.1) is 0 Å². The molecule has 3 aromatic rings. The quantitative estimate of drug-likeness (QED) is 0.582. The summed E-state index contributed by atoms with van der Waals surface area (Å²) in [6, 6.07) is 18.0. The molecule has 0 saturated heterocycles. The molecule has 2 aliphatic carbocycles. The minimum atomic E-state index is 0.110. The highest BCUT2D eigenvalue weighted by Crippen LogP contribution is 2.37. The van der Waals surface area contributed by atoms with E-state index in [4.69, 9.17) is 4.42 Å². The van der Waals surface area contributed by atoms with Crippen LogP contribution in [0.15, 0.2) is 89.1 Å². The summed E-state index contributed by atoms with van der Waals surface area (Å²) in [5, 5.41) is 1.16. The molecule has 5 rings (SSSR count). The maximum atomic E-state index is 11.5. The molecule has 1 aromatic heterocycles. The Morgan fingerprint density at radius 3 is 2.57 bits per heavy atom. The zero-order valence-corrected chi connectivity index (χ0v) is 12.4. The number of carbonyl (C=O) groups excluding carboxylic acids is 1. The van der Waals surface area contributed by atoms with Gasteiger partial charge in [0, 0.05) is 11.0 Å².